The third kappa shape index (κ3) is 3.40. The van der Waals surface area contributed by atoms with Gasteiger partial charge in [0.1, 0.15) is 6.10 Å². The molecule has 112 valence electrons. The van der Waals surface area contributed by atoms with Gasteiger partial charge in [0.05, 0.1) is 36.8 Å². The van der Waals surface area contributed by atoms with Gasteiger partial charge in [0.2, 0.25) is 0 Å². The molecule has 2 aromatic rings. The Morgan fingerprint density at radius 1 is 1.48 bits per heavy atom. The fourth-order valence-electron chi connectivity index (χ4n) is 2.48. The summed E-state index contributed by atoms with van der Waals surface area (Å²) in [6.07, 6.45) is 5.09. The lowest BCUT2D eigenvalue weighted by atomic mass is 10.2. The maximum Gasteiger partial charge on any atom is 0.338 e. The highest BCUT2D eigenvalue weighted by Crippen LogP contribution is 2.10. The van der Waals surface area contributed by atoms with Gasteiger partial charge < -0.3 is 13.9 Å². The van der Waals surface area contributed by atoms with E-state index in [9.17, 15) is 4.79 Å². The molecule has 1 atom stereocenters. The SMILES string of the molecule is C[C@@H](CN1CCOCC1)OC(=O)c1ccn2cncc2c1. The predicted molar refractivity (Wildman–Crippen MR) is 77.3 cm³/mol. The van der Waals surface area contributed by atoms with Gasteiger partial charge in [0.25, 0.3) is 0 Å². The first kappa shape index (κ1) is 14.0. The Morgan fingerprint density at radius 2 is 2.29 bits per heavy atom. The molecule has 1 aliphatic heterocycles. The molecule has 0 aromatic carbocycles. The van der Waals surface area contributed by atoms with Gasteiger partial charge in [-0.1, -0.05) is 0 Å². The number of nitrogens with zero attached hydrogens (tertiary/aromatic N) is 3. The lowest BCUT2D eigenvalue weighted by Crippen LogP contribution is -2.41. The first-order chi connectivity index (χ1) is 10.2. The molecule has 3 rings (SSSR count). The van der Waals surface area contributed by atoms with Gasteiger partial charge in [0, 0.05) is 25.8 Å². The Hall–Kier alpha value is -1.92. The molecular formula is C15H19N3O3. The number of aromatic nitrogens is 2. The summed E-state index contributed by atoms with van der Waals surface area (Å²) in [5.74, 6) is -0.292. The highest BCUT2D eigenvalue weighted by atomic mass is 16.5. The number of carbonyl (C=O) groups is 1. The van der Waals surface area contributed by atoms with Crippen molar-refractivity contribution in [1.82, 2.24) is 14.3 Å². The van der Waals surface area contributed by atoms with E-state index in [-0.39, 0.29) is 12.1 Å². The molecule has 0 amide bonds. The van der Waals surface area contributed by atoms with Crippen LogP contribution >= 0.6 is 0 Å². The van der Waals surface area contributed by atoms with E-state index in [4.69, 9.17) is 9.47 Å². The van der Waals surface area contributed by atoms with Crippen LogP contribution < -0.4 is 0 Å². The van der Waals surface area contributed by atoms with E-state index < -0.39 is 0 Å². The Bertz CT molecular complexity index is 619. The molecular weight excluding hydrogens is 270 g/mol. The van der Waals surface area contributed by atoms with Crippen LogP contribution in [-0.2, 0) is 9.47 Å². The van der Waals surface area contributed by atoms with Gasteiger partial charge in [-0.05, 0) is 19.1 Å². The number of esters is 1. The number of hydrogen-bond donors (Lipinski definition) is 0. The fourth-order valence-corrected chi connectivity index (χ4v) is 2.48. The number of rotatable bonds is 4. The van der Waals surface area contributed by atoms with Crippen molar-refractivity contribution in [1.29, 1.82) is 0 Å². The molecule has 1 saturated heterocycles. The summed E-state index contributed by atoms with van der Waals surface area (Å²) in [5.41, 5.74) is 1.43. The fraction of sp³-hybridized carbons (Fsp3) is 0.467. The van der Waals surface area contributed by atoms with E-state index in [2.05, 4.69) is 9.88 Å². The molecule has 21 heavy (non-hydrogen) atoms. The zero-order valence-corrected chi connectivity index (χ0v) is 12.1. The standard InChI is InChI=1S/C15H19N3O3/c1-12(10-17-4-6-20-7-5-17)21-15(19)13-2-3-18-11-16-9-14(18)8-13/h2-3,8-9,11-12H,4-7,10H2,1H3/t12-/m0/s1. The monoisotopic (exact) mass is 289 g/mol. The molecule has 0 radical (unpaired) electrons. The molecule has 0 bridgehead atoms. The van der Waals surface area contributed by atoms with E-state index in [1.807, 2.05) is 17.5 Å². The second kappa shape index (κ2) is 6.24. The molecule has 6 nitrogen and oxygen atoms in total. The molecule has 1 fully saturated rings. The summed E-state index contributed by atoms with van der Waals surface area (Å²) in [7, 11) is 0. The summed E-state index contributed by atoms with van der Waals surface area (Å²) < 4.78 is 12.7. The highest BCUT2D eigenvalue weighted by Gasteiger charge is 2.17. The lowest BCUT2D eigenvalue weighted by molar-refractivity contribution is 0.000448. The molecule has 2 aromatic heterocycles. The summed E-state index contributed by atoms with van der Waals surface area (Å²) in [6, 6.07) is 3.54. The van der Waals surface area contributed by atoms with E-state index >= 15 is 0 Å². The van der Waals surface area contributed by atoms with Gasteiger partial charge in [-0.25, -0.2) is 9.78 Å². The number of fused-ring (bicyclic) bond motifs is 1. The summed E-state index contributed by atoms with van der Waals surface area (Å²) in [6.45, 7) is 5.94. The van der Waals surface area contributed by atoms with Gasteiger partial charge >= 0.3 is 5.97 Å². The molecule has 6 heteroatoms. The first-order valence-electron chi connectivity index (χ1n) is 7.15. The number of carbonyl (C=O) groups excluding carboxylic acids is 1. The second-order valence-corrected chi connectivity index (χ2v) is 5.27. The minimum atomic E-state index is -0.292. The zero-order valence-electron chi connectivity index (χ0n) is 12.1. The molecule has 0 aliphatic carbocycles. The van der Waals surface area contributed by atoms with Crippen molar-refractivity contribution >= 4 is 11.5 Å². The number of hydrogen-bond acceptors (Lipinski definition) is 5. The van der Waals surface area contributed by atoms with Crippen LogP contribution in [0.4, 0.5) is 0 Å². The minimum Gasteiger partial charge on any atom is -0.458 e. The van der Waals surface area contributed by atoms with Crippen molar-refractivity contribution in [3.8, 4) is 0 Å². The van der Waals surface area contributed by atoms with Crippen molar-refractivity contribution < 1.29 is 14.3 Å². The Labute approximate surface area is 123 Å². The van der Waals surface area contributed by atoms with E-state index in [0.717, 1.165) is 38.4 Å². The molecule has 0 spiro atoms. The third-order valence-electron chi connectivity index (χ3n) is 3.58. The minimum absolute atomic E-state index is 0.142. The molecule has 1 aliphatic rings. The van der Waals surface area contributed by atoms with Crippen LogP contribution in [0.2, 0.25) is 0 Å². The van der Waals surface area contributed by atoms with Gasteiger partial charge in [-0.2, -0.15) is 0 Å². The van der Waals surface area contributed by atoms with Gasteiger partial charge in [-0.15, -0.1) is 0 Å². The lowest BCUT2D eigenvalue weighted by Gasteiger charge is -2.28. The summed E-state index contributed by atoms with van der Waals surface area (Å²) >= 11 is 0. The molecule has 0 N–H and O–H groups in total. The average molecular weight is 289 g/mol. The Balaban J connectivity index is 1.59. The van der Waals surface area contributed by atoms with Crippen LogP contribution in [0.15, 0.2) is 30.9 Å². The van der Waals surface area contributed by atoms with Crippen molar-refractivity contribution in [3.05, 3.63) is 36.4 Å². The summed E-state index contributed by atoms with van der Waals surface area (Å²) in [4.78, 5) is 18.5. The van der Waals surface area contributed by atoms with Crippen LogP contribution in [0.1, 0.15) is 17.3 Å². The number of pyridine rings is 1. The maximum atomic E-state index is 12.2. The predicted octanol–water partition coefficient (Wildman–Crippen LogP) is 1.21. The van der Waals surface area contributed by atoms with E-state index in [1.54, 1.807) is 24.7 Å². The van der Waals surface area contributed by atoms with E-state index in [1.165, 1.54) is 0 Å². The van der Waals surface area contributed by atoms with Crippen molar-refractivity contribution in [2.75, 3.05) is 32.8 Å². The van der Waals surface area contributed by atoms with Crippen LogP contribution in [-0.4, -0.2) is 59.2 Å². The molecule has 3 heterocycles. The van der Waals surface area contributed by atoms with Gasteiger partial charge in [0.15, 0.2) is 0 Å². The second-order valence-electron chi connectivity index (χ2n) is 5.27. The number of imidazole rings is 1. The Morgan fingerprint density at radius 3 is 3.10 bits per heavy atom. The number of ether oxygens (including phenoxy) is 2. The van der Waals surface area contributed by atoms with Crippen molar-refractivity contribution in [2.24, 2.45) is 0 Å². The highest BCUT2D eigenvalue weighted by molar-refractivity contribution is 5.90. The molecule has 0 unspecified atom stereocenters. The van der Waals surface area contributed by atoms with Crippen LogP contribution in [0.5, 0.6) is 0 Å². The van der Waals surface area contributed by atoms with Gasteiger partial charge in [-0.3, -0.25) is 4.90 Å². The topological polar surface area (TPSA) is 56.1 Å². The molecule has 0 saturated carbocycles. The quantitative estimate of drug-likeness (QED) is 0.792. The van der Waals surface area contributed by atoms with Crippen molar-refractivity contribution in [3.63, 3.8) is 0 Å². The van der Waals surface area contributed by atoms with Crippen LogP contribution in [0.25, 0.3) is 5.52 Å². The normalized spacial score (nSPS) is 17.8. The number of morpholine rings is 1. The van der Waals surface area contributed by atoms with Crippen molar-refractivity contribution in [2.45, 2.75) is 13.0 Å². The Kier molecular flexibility index (Phi) is 4.17. The van der Waals surface area contributed by atoms with E-state index in [0.29, 0.717) is 5.56 Å². The third-order valence-corrected chi connectivity index (χ3v) is 3.58. The summed E-state index contributed by atoms with van der Waals surface area (Å²) in [5, 5.41) is 0. The smallest absolute Gasteiger partial charge is 0.338 e. The largest absolute Gasteiger partial charge is 0.458 e. The maximum absolute atomic E-state index is 12.2. The first-order valence-corrected chi connectivity index (χ1v) is 7.15. The van der Waals surface area contributed by atoms with Crippen LogP contribution in [0.3, 0.4) is 0 Å². The zero-order chi connectivity index (χ0) is 14.7. The average Bonchev–Trinajstić information content (AvgIpc) is 2.95. The van der Waals surface area contributed by atoms with Crippen LogP contribution in [0, 0.1) is 0 Å².